The predicted octanol–water partition coefficient (Wildman–Crippen LogP) is 9.52. The zero-order valence-corrected chi connectivity index (χ0v) is 25.4. The molecule has 43 heavy (non-hydrogen) atoms. The third kappa shape index (κ3) is 7.81. The van der Waals surface area contributed by atoms with Gasteiger partial charge in [-0.25, -0.2) is 0 Å². The maximum Gasteiger partial charge on any atom is 0.147 e. The largest absolute Gasteiger partial charge is 0.493 e. The van der Waals surface area contributed by atoms with E-state index >= 15 is 0 Å². The van der Waals surface area contributed by atoms with E-state index in [1.807, 2.05) is 85.2 Å². The summed E-state index contributed by atoms with van der Waals surface area (Å²) in [6.45, 7) is 7.96. The van der Waals surface area contributed by atoms with Gasteiger partial charge < -0.3 is 23.5 Å². The molecule has 4 aromatic carbocycles. The molecule has 222 valence electrons. The Kier molecular flexibility index (Phi) is 10.4. The Morgan fingerprint density at radius 3 is 2.07 bits per heavy atom. The van der Waals surface area contributed by atoms with Crippen molar-refractivity contribution in [3.8, 4) is 34.4 Å². The van der Waals surface area contributed by atoms with Crippen LogP contribution in [0.5, 0.6) is 28.7 Å². The topological polar surface area (TPSA) is 41.9 Å². The molecule has 0 saturated carbocycles. The highest BCUT2D eigenvalue weighted by atomic mass is 16.5. The van der Waals surface area contributed by atoms with Crippen molar-refractivity contribution in [2.45, 2.75) is 53.1 Å². The summed E-state index contributed by atoms with van der Waals surface area (Å²) in [5.41, 5.74) is 5.47. The summed E-state index contributed by atoms with van der Waals surface area (Å²) < 4.78 is 27.4. The molecule has 0 saturated heterocycles. The molecule has 0 aliphatic rings. The van der Waals surface area contributed by atoms with E-state index in [4.69, 9.17) is 18.9 Å². The number of nitrogens with zero attached hydrogens (tertiary/aromatic N) is 1. The monoisotopic (exact) mass is 575 g/mol. The third-order valence-corrected chi connectivity index (χ3v) is 7.35. The summed E-state index contributed by atoms with van der Waals surface area (Å²) in [5, 5.41) is 0. The fourth-order valence-corrected chi connectivity index (χ4v) is 5.04. The molecule has 5 rings (SSSR count). The van der Waals surface area contributed by atoms with E-state index in [0.717, 1.165) is 82.4 Å². The van der Waals surface area contributed by atoms with E-state index in [0.29, 0.717) is 19.8 Å². The van der Waals surface area contributed by atoms with Gasteiger partial charge in [-0.3, -0.25) is 0 Å². The van der Waals surface area contributed by atoms with Crippen molar-refractivity contribution in [3.63, 3.8) is 0 Å². The van der Waals surface area contributed by atoms with Crippen molar-refractivity contribution in [3.05, 3.63) is 132 Å². The van der Waals surface area contributed by atoms with Crippen LogP contribution in [0.2, 0.25) is 0 Å². The second kappa shape index (κ2) is 15.0. The molecule has 0 atom stereocenters. The number of hydrogen-bond donors (Lipinski definition) is 0. The molecule has 0 amide bonds. The SMILES string of the molecule is CCCc1c(OCCCOc2cc(OCc3ccccc3)c(-n3cccc3)cc2CC)cccc1Oc1ccccc1C. The van der Waals surface area contributed by atoms with Crippen molar-refractivity contribution in [1.29, 1.82) is 0 Å². The lowest BCUT2D eigenvalue weighted by atomic mass is 10.1. The van der Waals surface area contributed by atoms with Crippen LogP contribution in [0.3, 0.4) is 0 Å². The maximum atomic E-state index is 6.33. The molecular formula is C38H41NO4. The lowest BCUT2D eigenvalue weighted by molar-refractivity contribution is 0.242. The van der Waals surface area contributed by atoms with Gasteiger partial charge in [0.05, 0.1) is 18.9 Å². The zero-order chi connectivity index (χ0) is 29.9. The highest BCUT2D eigenvalue weighted by Gasteiger charge is 2.15. The van der Waals surface area contributed by atoms with Gasteiger partial charge in [-0.05, 0) is 72.9 Å². The van der Waals surface area contributed by atoms with Crippen molar-refractivity contribution < 1.29 is 18.9 Å². The minimum absolute atomic E-state index is 0.487. The van der Waals surface area contributed by atoms with Gasteiger partial charge >= 0.3 is 0 Å². The molecule has 0 N–H and O–H groups in total. The molecule has 0 fully saturated rings. The molecule has 0 radical (unpaired) electrons. The summed E-state index contributed by atoms with van der Waals surface area (Å²) in [6.07, 6.45) is 7.56. The lowest BCUT2D eigenvalue weighted by Crippen LogP contribution is -2.08. The number of ether oxygens (including phenoxy) is 4. The smallest absolute Gasteiger partial charge is 0.147 e. The van der Waals surface area contributed by atoms with Gasteiger partial charge in [-0.2, -0.15) is 0 Å². The van der Waals surface area contributed by atoms with Crippen molar-refractivity contribution in [1.82, 2.24) is 4.57 Å². The van der Waals surface area contributed by atoms with Crippen LogP contribution in [0.4, 0.5) is 0 Å². The van der Waals surface area contributed by atoms with E-state index in [1.165, 1.54) is 0 Å². The third-order valence-electron chi connectivity index (χ3n) is 7.35. The molecule has 5 heteroatoms. The standard InChI is InChI=1S/C38H41NO4/c1-4-15-32-35(20-13-21-36(32)43-34-19-10-9-16-29(34)3)40-24-14-25-41-37-27-38(42-28-30-17-7-6-8-18-30)33(26-31(37)5-2)39-22-11-12-23-39/h6-13,16-23,26-27H,4-5,14-15,24-25,28H2,1-3H3. The van der Waals surface area contributed by atoms with Gasteiger partial charge in [0.25, 0.3) is 0 Å². The molecule has 5 aromatic rings. The van der Waals surface area contributed by atoms with Gasteiger partial charge in [0.15, 0.2) is 0 Å². The number of benzene rings is 4. The first-order valence-electron chi connectivity index (χ1n) is 15.2. The Labute approximate surface area is 255 Å². The average molecular weight is 576 g/mol. The summed E-state index contributed by atoms with van der Waals surface area (Å²) in [5.74, 6) is 4.23. The average Bonchev–Trinajstić information content (AvgIpc) is 3.58. The molecule has 0 unspecified atom stereocenters. The Balaban J connectivity index is 1.24. The highest BCUT2D eigenvalue weighted by molar-refractivity contribution is 5.55. The summed E-state index contributed by atoms with van der Waals surface area (Å²) in [6, 6.07) is 32.6. The Morgan fingerprint density at radius 2 is 1.33 bits per heavy atom. The number of aryl methyl sites for hydroxylation is 2. The quantitative estimate of drug-likeness (QED) is 0.117. The predicted molar refractivity (Wildman–Crippen MR) is 173 cm³/mol. The molecule has 5 nitrogen and oxygen atoms in total. The Bertz CT molecular complexity index is 1580. The molecule has 0 spiro atoms. The van der Waals surface area contributed by atoms with Crippen molar-refractivity contribution >= 4 is 0 Å². The van der Waals surface area contributed by atoms with E-state index in [2.05, 4.69) is 49.6 Å². The van der Waals surface area contributed by atoms with Crippen molar-refractivity contribution in [2.24, 2.45) is 0 Å². The van der Waals surface area contributed by atoms with Gasteiger partial charge in [0, 0.05) is 30.4 Å². The molecule has 0 bridgehead atoms. The number of hydrogen-bond acceptors (Lipinski definition) is 4. The van der Waals surface area contributed by atoms with Gasteiger partial charge in [0.1, 0.15) is 35.4 Å². The van der Waals surface area contributed by atoms with Crippen LogP contribution in [0.15, 0.2) is 109 Å². The minimum Gasteiger partial charge on any atom is -0.493 e. The maximum absolute atomic E-state index is 6.33. The van der Waals surface area contributed by atoms with E-state index in [9.17, 15) is 0 Å². The van der Waals surface area contributed by atoms with Crippen LogP contribution in [0, 0.1) is 6.92 Å². The number of rotatable bonds is 15. The number of aromatic nitrogens is 1. The van der Waals surface area contributed by atoms with Crippen LogP contribution in [0.25, 0.3) is 5.69 Å². The first kappa shape index (κ1) is 29.8. The van der Waals surface area contributed by atoms with Crippen LogP contribution >= 0.6 is 0 Å². The zero-order valence-electron chi connectivity index (χ0n) is 25.4. The summed E-state index contributed by atoms with van der Waals surface area (Å²) >= 11 is 0. The second-order valence-corrected chi connectivity index (χ2v) is 10.5. The first-order chi connectivity index (χ1) is 21.2. The normalized spacial score (nSPS) is 10.9. The van der Waals surface area contributed by atoms with E-state index in [-0.39, 0.29) is 0 Å². The Hall–Kier alpha value is -4.64. The second-order valence-electron chi connectivity index (χ2n) is 10.5. The number of para-hydroxylation sites is 1. The highest BCUT2D eigenvalue weighted by Crippen LogP contribution is 2.35. The van der Waals surface area contributed by atoms with Crippen LogP contribution in [-0.4, -0.2) is 17.8 Å². The fourth-order valence-electron chi connectivity index (χ4n) is 5.04. The van der Waals surface area contributed by atoms with Crippen molar-refractivity contribution in [2.75, 3.05) is 13.2 Å². The molecular weight excluding hydrogens is 534 g/mol. The van der Waals surface area contributed by atoms with Crippen LogP contribution < -0.4 is 18.9 Å². The summed E-state index contributed by atoms with van der Waals surface area (Å²) in [4.78, 5) is 0. The molecule has 1 aromatic heterocycles. The van der Waals surface area contributed by atoms with Gasteiger partial charge in [-0.15, -0.1) is 0 Å². The molecule has 0 aliphatic heterocycles. The van der Waals surface area contributed by atoms with E-state index < -0.39 is 0 Å². The lowest BCUT2D eigenvalue weighted by Gasteiger charge is -2.18. The van der Waals surface area contributed by atoms with Gasteiger partial charge in [-0.1, -0.05) is 74.9 Å². The van der Waals surface area contributed by atoms with Gasteiger partial charge in [0.2, 0.25) is 0 Å². The minimum atomic E-state index is 0.487. The molecule has 0 aliphatic carbocycles. The summed E-state index contributed by atoms with van der Waals surface area (Å²) in [7, 11) is 0. The fraction of sp³-hybridized carbons (Fsp3) is 0.263. The first-order valence-corrected chi connectivity index (χ1v) is 15.2. The van der Waals surface area contributed by atoms with E-state index in [1.54, 1.807) is 0 Å². The molecule has 1 heterocycles. The van der Waals surface area contributed by atoms with Crippen LogP contribution in [-0.2, 0) is 19.4 Å². The Morgan fingerprint density at radius 1 is 0.628 bits per heavy atom. The van der Waals surface area contributed by atoms with Crippen LogP contribution in [0.1, 0.15) is 48.9 Å².